The van der Waals surface area contributed by atoms with Crippen LogP contribution in [0, 0.1) is 6.92 Å². The van der Waals surface area contributed by atoms with Gasteiger partial charge in [0.05, 0.1) is 12.2 Å². The number of carbonyl (C=O) groups is 2. The van der Waals surface area contributed by atoms with Gasteiger partial charge in [-0.15, -0.1) is 0 Å². The van der Waals surface area contributed by atoms with Crippen molar-refractivity contribution in [1.29, 1.82) is 0 Å². The van der Waals surface area contributed by atoms with E-state index >= 15 is 0 Å². The lowest BCUT2D eigenvalue weighted by atomic mass is 9.95. The number of furan rings is 1. The first kappa shape index (κ1) is 23.3. The second-order valence-corrected chi connectivity index (χ2v) is 8.58. The molecule has 2 aromatic heterocycles. The number of aryl methyl sites for hydroxylation is 1. The fraction of sp³-hybridized carbons (Fsp3) is 0.296. The number of aromatic nitrogens is 1. The molecule has 1 amide bonds. The maximum atomic E-state index is 13.2. The highest BCUT2D eigenvalue weighted by atomic mass is 16.5. The highest BCUT2D eigenvalue weighted by molar-refractivity contribution is 6.46. The maximum absolute atomic E-state index is 13.2. The molecule has 1 aliphatic heterocycles. The minimum atomic E-state index is -0.858. The monoisotopic (exact) mass is 460 g/mol. The second-order valence-electron chi connectivity index (χ2n) is 8.58. The van der Waals surface area contributed by atoms with Gasteiger partial charge < -0.3 is 19.2 Å². The van der Waals surface area contributed by atoms with E-state index in [4.69, 9.17) is 9.15 Å². The van der Waals surface area contributed by atoms with Crippen LogP contribution in [0.1, 0.15) is 60.9 Å². The van der Waals surface area contributed by atoms with Crippen LogP contribution in [0.15, 0.2) is 64.8 Å². The summed E-state index contributed by atoms with van der Waals surface area (Å²) in [4.78, 5) is 31.8. The first-order valence-corrected chi connectivity index (χ1v) is 11.3. The van der Waals surface area contributed by atoms with E-state index in [1.54, 1.807) is 49.6 Å². The second kappa shape index (κ2) is 9.55. The van der Waals surface area contributed by atoms with Gasteiger partial charge in [-0.3, -0.25) is 14.6 Å². The zero-order valence-electron chi connectivity index (χ0n) is 19.7. The molecule has 3 aromatic rings. The number of hydrogen-bond donors (Lipinski definition) is 1. The molecule has 1 atom stereocenters. The van der Waals surface area contributed by atoms with Gasteiger partial charge in [0.25, 0.3) is 11.7 Å². The normalized spacial score (nSPS) is 17.6. The molecule has 1 aromatic carbocycles. The fourth-order valence-electron chi connectivity index (χ4n) is 4.22. The van der Waals surface area contributed by atoms with Crippen LogP contribution >= 0.6 is 0 Å². The van der Waals surface area contributed by atoms with Crippen molar-refractivity contribution in [3.8, 4) is 5.75 Å². The van der Waals surface area contributed by atoms with Crippen molar-refractivity contribution in [2.75, 3.05) is 6.61 Å². The van der Waals surface area contributed by atoms with Gasteiger partial charge in [0, 0.05) is 24.5 Å². The van der Waals surface area contributed by atoms with Crippen LogP contribution in [0.25, 0.3) is 5.76 Å². The molecule has 0 spiro atoms. The van der Waals surface area contributed by atoms with Crippen LogP contribution in [0.4, 0.5) is 0 Å². The van der Waals surface area contributed by atoms with E-state index < -0.39 is 17.7 Å². The molecule has 1 fully saturated rings. The maximum Gasteiger partial charge on any atom is 0.296 e. The summed E-state index contributed by atoms with van der Waals surface area (Å²) in [7, 11) is 0. The van der Waals surface area contributed by atoms with Crippen molar-refractivity contribution in [3.63, 3.8) is 0 Å². The van der Waals surface area contributed by atoms with Crippen LogP contribution in [0.2, 0.25) is 0 Å². The Morgan fingerprint density at radius 1 is 1.21 bits per heavy atom. The summed E-state index contributed by atoms with van der Waals surface area (Å²) in [6, 6.07) is 11.5. The van der Waals surface area contributed by atoms with Crippen molar-refractivity contribution >= 4 is 17.4 Å². The molecule has 1 aliphatic rings. The number of aliphatic hydroxyl groups is 1. The van der Waals surface area contributed by atoms with Gasteiger partial charge in [-0.25, -0.2) is 0 Å². The lowest BCUT2D eigenvalue weighted by Crippen LogP contribution is -2.29. The zero-order chi connectivity index (χ0) is 24.4. The van der Waals surface area contributed by atoms with Crippen molar-refractivity contribution in [2.45, 2.75) is 46.2 Å². The molecule has 0 saturated carbocycles. The van der Waals surface area contributed by atoms with E-state index in [1.807, 2.05) is 32.9 Å². The summed E-state index contributed by atoms with van der Waals surface area (Å²) in [6.45, 7) is 8.42. The quantitative estimate of drug-likeness (QED) is 0.299. The molecule has 34 heavy (non-hydrogen) atoms. The smallest absolute Gasteiger partial charge is 0.296 e. The van der Waals surface area contributed by atoms with Crippen LogP contribution in [-0.4, -0.2) is 33.3 Å². The number of aliphatic hydroxyl groups excluding tert-OH is 1. The molecule has 7 heteroatoms. The molecular formula is C27H28N2O5. The average Bonchev–Trinajstić information content (AvgIpc) is 3.36. The number of nitrogens with zero attached hydrogens (tertiary/aromatic N) is 2. The Hall–Kier alpha value is -3.87. The third kappa shape index (κ3) is 4.33. The Kier molecular flexibility index (Phi) is 6.54. The highest BCUT2D eigenvalue weighted by Crippen LogP contribution is 2.41. The number of Topliss-reactive ketones (excluding diaryl/α,β-unsaturated/α-hetero) is 1. The Balaban J connectivity index is 1.85. The summed E-state index contributed by atoms with van der Waals surface area (Å²) in [5, 5.41) is 11.3. The lowest BCUT2D eigenvalue weighted by Gasteiger charge is -2.23. The number of rotatable bonds is 7. The Morgan fingerprint density at radius 3 is 2.62 bits per heavy atom. The van der Waals surface area contributed by atoms with Crippen LogP contribution in [-0.2, 0) is 16.1 Å². The number of ketones is 1. The largest absolute Gasteiger partial charge is 0.507 e. The Labute approximate surface area is 198 Å². The minimum Gasteiger partial charge on any atom is -0.507 e. The predicted molar refractivity (Wildman–Crippen MR) is 127 cm³/mol. The number of pyridine rings is 1. The number of hydrogen-bond acceptors (Lipinski definition) is 6. The van der Waals surface area contributed by atoms with Crippen molar-refractivity contribution in [1.82, 2.24) is 9.88 Å². The van der Waals surface area contributed by atoms with Crippen LogP contribution in [0.5, 0.6) is 5.75 Å². The minimum absolute atomic E-state index is 0.00195. The van der Waals surface area contributed by atoms with Gasteiger partial charge in [0.2, 0.25) is 0 Å². The Bertz CT molecular complexity index is 1240. The summed E-state index contributed by atoms with van der Waals surface area (Å²) in [6.07, 6.45) is 3.29. The number of carbonyl (C=O) groups excluding carboxylic acids is 2. The fourth-order valence-corrected chi connectivity index (χ4v) is 4.22. The SMILES string of the molecule is CCOc1ccc(/C(O)=C2/C(=O)C(=O)N(Cc3cccnc3)C2c2ccc(C)o2)cc1C(C)C. The van der Waals surface area contributed by atoms with Crippen molar-refractivity contribution in [2.24, 2.45) is 0 Å². The van der Waals surface area contributed by atoms with Gasteiger partial charge >= 0.3 is 0 Å². The lowest BCUT2D eigenvalue weighted by molar-refractivity contribution is -0.140. The van der Waals surface area contributed by atoms with Crippen molar-refractivity contribution < 1.29 is 23.8 Å². The molecule has 1 unspecified atom stereocenters. The molecule has 0 radical (unpaired) electrons. The molecule has 0 aliphatic carbocycles. The molecule has 1 N–H and O–H groups in total. The molecule has 176 valence electrons. The summed E-state index contributed by atoms with van der Waals surface area (Å²) < 4.78 is 11.6. The standard InChI is InChI=1S/C27H28N2O5/c1-5-33-21-11-9-19(13-20(21)16(2)3)25(30)23-24(22-10-8-17(4)34-22)29(27(32)26(23)31)15-18-7-6-12-28-14-18/h6-14,16,24,30H,5,15H2,1-4H3/b25-23-. The number of amides is 1. The van der Waals surface area contributed by atoms with Gasteiger partial charge in [-0.1, -0.05) is 19.9 Å². The molecule has 0 bridgehead atoms. The molecule has 3 heterocycles. The highest BCUT2D eigenvalue weighted by Gasteiger charge is 2.47. The van der Waals surface area contributed by atoms with E-state index in [9.17, 15) is 14.7 Å². The van der Waals surface area contributed by atoms with Crippen LogP contribution < -0.4 is 4.74 Å². The molecule has 7 nitrogen and oxygen atoms in total. The number of ether oxygens (including phenoxy) is 1. The van der Waals surface area contributed by atoms with Crippen LogP contribution in [0.3, 0.4) is 0 Å². The van der Waals surface area contributed by atoms with Gasteiger partial charge in [-0.05, 0) is 67.3 Å². The van der Waals surface area contributed by atoms with E-state index in [-0.39, 0.29) is 23.8 Å². The van der Waals surface area contributed by atoms with E-state index in [0.717, 1.165) is 16.9 Å². The summed E-state index contributed by atoms with van der Waals surface area (Å²) in [5.74, 6) is 0.230. The van der Waals surface area contributed by atoms with E-state index in [0.29, 0.717) is 23.7 Å². The van der Waals surface area contributed by atoms with Crippen molar-refractivity contribution in [3.05, 3.63) is 88.6 Å². The zero-order valence-corrected chi connectivity index (χ0v) is 19.7. The van der Waals surface area contributed by atoms with E-state index in [2.05, 4.69) is 4.98 Å². The first-order chi connectivity index (χ1) is 16.3. The van der Waals surface area contributed by atoms with Gasteiger partial charge in [0.1, 0.15) is 29.1 Å². The molecular weight excluding hydrogens is 432 g/mol. The topological polar surface area (TPSA) is 92.9 Å². The van der Waals surface area contributed by atoms with Gasteiger partial charge in [-0.2, -0.15) is 0 Å². The first-order valence-electron chi connectivity index (χ1n) is 11.3. The Morgan fingerprint density at radius 2 is 2.00 bits per heavy atom. The average molecular weight is 461 g/mol. The molecule has 4 rings (SSSR count). The molecule has 1 saturated heterocycles. The van der Waals surface area contributed by atoms with Gasteiger partial charge in [0.15, 0.2) is 0 Å². The summed E-state index contributed by atoms with van der Waals surface area (Å²) >= 11 is 0. The summed E-state index contributed by atoms with van der Waals surface area (Å²) in [5.41, 5.74) is 2.11. The number of benzene rings is 1. The third-order valence-electron chi connectivity index (χ3n) is 5.85. The predicted octanol–water partition coefficient (Wildman–Crippen LogP) is 5.13. The third-order valence-corrected chi connectivity index (χ3v) is 5.85. The number of likely N-dealkylation sites (tertiary alicyclic amines) is 1. The van der Waals surface area contributed by atoms with E-state index in [1.165, 1.54) is 4.90 Å².